The van der Waals surface area contributed by atoms with Gasteiger partial charge in [-0.1, -0.05) is 101 Å². The Morgan fingerprint density at radius 3 is 2.10 bits per heavy atom. The number of ether oxygens (including phenoxy) is 1. The zero-order valence-corrected chi connectivity index (χ0v) is 39.2. The van der Waals surface area contributed by atoms with E-state index in [4.69, 9.17) is 19.1 Å². The number of pyridine rings is 1. The van der Waals surface area contributed by atoms with Crippen molar-refractivity contribution < 1.29 is 48.3 Å². The number of carbonyl (C=O) groups excluding carboxylic acids is 4. The molecule has 5 heterocycles. The predicted molar refractivity (Wildman–Crippen MR) is 254 cm³/mol. The number of aromatic amines is 1. The molecule has 1 atom stereocenters. The quantitative estimate of drug-likeness (QED) is 0.0334. The number of hydrogen-bond acceptors (Lipinski definition) is 16. The van der Waals surface area contributed by atoms with Crippen molar-refractivity contribution in [3.05, 3.63) is 164 Å². The highest BCUT2D eigenvalue weighted by Gasteiger charge is 2.50. The number of rotatable bonds is 16. The molecule has 1 unspecified atom stereocenters. The third-order valence-corrected chi connectivity index (χ3v) is 11.8. The fourth-order valence-corrected chi connectivity index (χ4v) is 8.51. The first-order chi connectivity index (χ1) is 33.3. The van der Waals surface area contributed by atoms with E-state index in [1.54, 1.807) is 26.2 Å². The molecule has 3 aromatic carbocycles. The summed E-state index contributed by atoms with van der Waals surface area (Å²) in [5, 5.41) is 40.8. The number of carboxylic acids is 1. The number of aliphatic carboxylic acids is 1. The van der Waals surface area contributed by atoms with Gasteiger partial charge in [-0.25, -0.2) is 24.6 Å². The second kappa shape index (κ2) is 19.3. The summed E-state index contributed by atoms with van der Waals surface area (Å²) in [6.07, 6.45) is 1.09. The van der Waals surface area contributed by atoms with Gasteiger partial charge in [-0.3, -0.25) is 19.2 Å². The molecule has 70 heavy (non-hydrogen) atoms. The van der Waals surface area contributed by atoms with Crippen LogP contribution in [0.5, 0.6) is 5.75 Å². The number of thiazole rings is 1. The number of nitrogens with one attached hydrogen (secondary N) is 4. The molecule has 6 aromatic rings. The number of amides is 3. The Morgan fingerprint density at radius 1 is 0.914 bits per heavy atom. The van der Waals surface area contributed by atoms with Gasteiger partial charge in [0.25, 0.3) is 17.7 Å². The number of aromatic nitrogens is 3. The molecular weight excluding hydrogens is 923 g/mol. The number of aromatic hydroxyl groups is 1. The highest BCUT2D eigenvalue weighted by molar-refractivity contribution is 7.14. The lowest BCUT2D eigenvalue weighted by molar-refractivity contribution is -0.179. The number of anilines is 1. The molecule has 2 aliphatic heterocycles. The minimum atomic E-state index is -1.71. The van der Waals surface area contributed by atoms with Crippen molar-refractivity contribution in [3.8, 4) is 17.1 Å². The minimum Gasteiger partial charge on any atom is -0.503 e. The Balaban J connectivity index is 1.05. The predicted octanol–water partition coefficient (Wildman–Crippen LogP) is 4.65. The van der Waals surface area contributed by atoms with Crippen molar-refractivity contribution in [2.24, 2.45) is 5.16 Å². The van der Waals surface area contributed by atoms with E-state index in [0.29, 0.717) is 5.13 Å². The van der Waals surface area contributed by atoms with Crippen molar-refractivity contribution in [3.63, 3.8) is 0 Å². The van der Waals surface area contributed by atoms with E-state index >= 15 is 0 Å². The van der Waals surface area contributed by atoms with Gasteiger partial charge in [0.1, 0.15) is 28.6 Å². The molecule has 8 rings (SSSR count). The van der Waals surface area contributed by atoms with Crippen molar-refractivity contribution in [1.29, 1.82) is 0 Å². The van der Waals surface area contributed by atoms with Gasteiger partial charge in [-0.15, -0.1) is 11.3 Å². The fraction of sp³-hybridized carbons (Fsp3) is 0.245. The summed E-state index contributed by atoms with van der Waals surface area (Å²) < 4.78 is 10.8. The maximum absolute atomic E-state index is 14.5. The van der Waals surface area contributed by atoms with Gasteiger partial charge in [0.2, 0.25) is 11.0 Å². The number of esters is 1. The molecule has 3 aromatic heterocycles. The maximum atomic E-state index is 14.5. The van der Waals surface area contributed by atoms with Crippen LogP contribution in [-0.2, 0) is 45.6 Å². The Labute approximate surface area is 403 Å². The van der Waals surface area contributed by atoms with Crippen LogP contribution in [0.2, 0.25) is 0 Å². The van der Waals surface area contributed by atoms with Gasteiger partial charge in [-0.2, -0.15) is 0 Å². The lowest BCUT2D eigenvalue weighted by atomic mass is 9.77. The van der Waals surface area contributed by atoms with Crippen LogP contribution >= 0.6 is 11.3 Å². The van der Waals surface area contributed by atoms with E-state index in [2.05, 4.69) is 31.2 Å². The van der Waals surface area contributed by atoms with Crippen molar-refractivity contribution in [2.75, 3.05) is 18.4 Å². The Kier molecular flexibility index (Phi) is 13.2. The minimum absolute atomic E-state index is 0.0136. The molecule has 1 saturated heterocycles. The SMILES string of the molecule is CC(C)(C)OC(=O)C(C)(C)ON=C(C(=O)NC1CN2CC(C(=O)NCc3cc(-c4cc(=O)c(O)c[nH]4)no3)=C(C(=O)O)N2C1=O)c1csc(NC(c2ccccc2)(c2ccccc2)c2ccccc2)n1. The molecule has 0 spiro atoms. The van der Waals surface area contributed by atoms with Gasteiger partial charge in [0.15, 0.2) is 28.1 Å². The first-order valence-electron chi connectivity index (χ1n) is 21.8. The molecule has 0 aliphatic carbocycles. The average molecular weight is 970 g/mol. The zero-order chi connectivity index (χ0) is 50.0. The number of benzene rings is 3. The van der Waals surface area contributed by atoms with Crippen molar-refractivity contribution >= 4 is 51.8 Å². The molecule has 0 saturated carbocycles. The lowest BCUT2D eigenvalue weighted by Gasteiger charge is -2.36. The molecule has 3 amide bonds. The summed E-state index contributed by atoms with van der Waals surface area (Å²) in [6.45, 7) is 7.09. The van der Waals surface area contributed by atoms with Crippen molar-refractivity contribution in [2.45, 2.75) is 63.9 Å². The summed E-state index contributed by atoms with van der Waals surface area (Å²) >= 11 is 1.17. The van der Waals surface area contributed by atoms with Crippen LogP contribution in [0.4, 0.5) is 5.13 Å². The molecule has 1 fully saturated rings. The van der Waals surface area contributed by atoms with Gasteiger partial charge < -0.3 is 45.2 Å². The summed E-state index contributed by atoms with van der Waals surface area (Å²) in [7, 11) is 0. The number of oxime groups is 1. The molecule has 0 bridgehead atoms. The van der Waals surface area contributed by atoms with E-state index in [1.807, 2.05) is 91.0 Å². The Morgan fingerprint density at radius 2 is 1.53 bits per heavy atom. The summed E-state index contributed by atoms with van der Waals surface area (Å²) in [5.41, 5.74) is -2.39. The third kappa shape index (κ3) is 9.91. The molecule has 0 radical (unpaired) electrons. The Bertz CT molecular complexity index is 2990. The highest BCUT2D eigenvalue weighted by Crippen LogP contribution is 2.41. The topological polar surface area (TPSA) is 271 Å². The van der Waals surface area contributed by atoms with Crippen LogP contribution in [0.1, 0.15) is 62.8 Å². The molecule has 2 aliphatic rings. The monoisotopic (exact) mass is 969 g/mol. The number of nitrogens with zero attached hydrogens (tertiary/aromatic N) is 5. The fourth-order valence-electron chi connectivity index (χ4n) is 7.76. The number of H-pyrrole nitrogens is 1. The van der Waals surface area contributed by atoms with Crippen LogP contribution in [0.3, 0.4) is 0 Å². The molecular formula is C49H47N9O11S. The van der Waals surface area contributed by atoms with Crippen LogP contribution in [0.25, 0.3) is 11.4 Å². The maximum Gasteiger partial charge on any atom is 0.354 e. The lowest BCUT2D eigenvalue weighted by Crippen LogP contribution is -2.46. The molecule has 21 heteroatoms. The number of carbonyl (C=O) groups is 5. The summed E-state index contributed by atoms with van der Waals surface area (Å²) in [6, 6.07) is 30.5. The average Bonchev–Trinajstić information content (AvgIpc) is 4.14. The second-order valence-corrected chi connectivity index (χ2v) is 18.5. The van der Waals surface area contributed by atoms with E-state index in [9.17, 15) is 39.0 Å². The number of hydrazine groups is 1. The largest absolute Gasteiger partial charge is 0.503 e. The second-order valence-electron chi connectivity index (χ2n) is 17.7. The molecule has 6 N–H and O–H groups in total. The van der Waals surface area contributed by atoms with E-state index < -0.39 is 75.0 Å². The first-order valence-corrected chi connectivity index (χ1v) is 22.6. The molecule has 20 nitrogen and oxygen atoms in total. The van der Waals surface area contributed by atoms with Crippen molar-refractivity contribution in [1.82, 2.24) is 35.8 Å². The van der Waals surface area contributed by atoms with E-state index in [-0.39, 0.29) is 48.0 Å². The van der Waals surface area contributed by atoms with Gasteiger partial charge in [0.05, 0.1) is 24.4 Å². The number of fused-ring (bicyclic) bond motifs is 1. The van der Waals surface area contributed by atoms with E-state index in [0.717, 1.165) is 34.0 Å². The third-order valence-electron chi connectivity index (χ3n) is 11.1. The van der Waals surface area contributed by atoms with Crippen LogP contribution in [-0.4, -0.2) is 101 Å². The van der Waals surface area contributed by atoms with Gasteiger partial charge in [-0.05, 0) is 51.3 Å². The van der Waals surface area contributed by atoms with E-state index in [1.165, 1.54) is 36.3 Å². The van der Waals surface area contributed by atoms with Crippen LogP contribution < -0.4 is 21.4 Å². The standard InChI is InChI=1S/C49H47N9O11S/c1-47(2,3)67-45(66)48(4,5)69-56-39(36-27-70-46(53-36)54-49(28-15-9-6-10-16-28,29-17-11-7-12-18-29)30-19-13-8-14-20-30)42(62)52-35-26-57-25-32(40(44(64)65)58(57)43(35)63)41(61)51-23-31-21-34(55-68-31)33-22-37(59)38(60)24-50-33/h6-22,24,27,35,60H,23,25-26H2,1-5H3,(H,50,59)(H,51,61)(H,52,62)(H,53,54)(H,64,65). The Hall–Kier alpha value is -8.43. The van der Waals surface area contributed by atoms with Crippen LogP contribution in [0.15, 0.2) is 140 Å². The zero-order valence-electron chi connectivity index (χ0n) is 38.4. The summed E-state index contributed by atoms with van der Waals surface area (Å²) in [5.74, 6) is -5.31. The summed E-state index contributed by atoms with van der Waals surface area (Å²) in [4.78, 5) is 93.1. The number of hydrogen-bond donors (Lipinski definition) is 6. The normalized spacial score (nSPS) is 15.4. The molecule has 360 valence electrons. The number of carboxylic acid groups (broad SMARTS) is 1. The first kappa shape index (κ1) is 48.0. The van der Waals surface area contributed by atoms with Gasteiger partial charge in [0, 0.05) is 30.3 Å². The smallest absolute Gasteiger partial charge is 0.354 e. The highest BCUT2D eigenvalue weighted by atomic mass is 32.1. The van der Waals surface area contributed by atoms with Gasteiger partial charge >= 0.3 is 11.9 Å². The van der Waals surface area contributed by atoms with Crippen LogP contribution in [0, 0.1) is 0 Å².